The second-order valence-corrected chi connectivity index (χ2v) is 6.71. The first-order chi connectivity index (χ1) is 10.8. The molecule has 1 saturated carbocycles. The van der Waals surface area contributed by atoms with Gasteiger partial charge >= 0.3 is 5.97 Å². The number of hydrogen-bond acceptors (Lipinski definition) is 3. The summed E-state index contributed by atoms with van der Waals surface area (Å²) in [5.74, 6) is -0.888. The van der Waals surface area contributed by atoms with Gasteiger partial charge in [-0.2, -0.15) is 0 Å². The van der Waals surface area contributed by atoms with Gasteiger partial charge in [0.05, 0.1) is 11.5 Å². The number of aliphatic carboxylic acids is 1. The van der Waals surface area contributed by atoms with Gasteiger partial charge < -0.3 is 15.2 Å². The van der Waals surface area contributed by atoms with E-state index in [-0.39, 0.29) is 17.9 Å². The smallest absolute Gasteiger partial charge is 0.313 e. The Morgan fingerprint density at radius 2 is 1.87 bits per heavy atom. The standard InChI is InChI=1S/C18H25NO4/c1-18(2,17(21)22)13-5-4-6-14(11-13)19-16(20)12-7-9-15(23-3)10-8-12/h4-6,11-12,15H,7-10H2,1-3H3,(H,19,20)(H,21,22). The number of carbonyl (C=O) groups is 2. The molecule has 1 amide bonds. The lowest BCUT2D eigenvalue weighted by atomic mass is 9.84. The monoisotopic (exact) mass is 319 g/mol. The van der Waals surface area contributed by atoms with E-state index in [0.717, 1.165) is 25.7 Å². The highest BCUT2D eigenvalue weighted by molar-refractivity contribution is 5.93. The molecule has 0 atom stereocenters. The molecule has 1 aromatic rings. The van der Waals surface area contributed by atoms with Crippen LogP contribution in [0.1, 0.15) is 45.1 Å². The van der Waals surface area contributed by atoms with E-state index < -0.39 is 11.4 Å². The van der Waals surface area contributed by atoms with Gasteiger partial charge in [-0.25, -0.2) is 0 Å². The van der Waals surface area contributed by atoms with Crippen molar-refractivity contribution < 1.29 is 19.4 Å². The molecule has 0 unspecified atom stereocenters. The van der Waals surface area contributed by atoms with Crippen molar-refractivity contribution in [1.29, 1.82) is 0 Å². The van der Waals surface area contributed by atoms with Crippen LogP contribution >= 0.6 is 0 Å². The molecule has 5 nitrogen and oxygen atoms in total. The van der Waals surface area contributed by atoms with Crippen LogP contribution in [0.3, 0.4) is 0 Å². The Hall–Kier alpha value is -1.88. The molecule has 126 valence electrons. The first-order valence-electron chi connectivity index (χ1n) is 8.02. The Labute approximate surface area is 137 Å². The fraction of sp³-hybridized carbons (Fsp3) is 0.556. The topological polar surface area (TPSA) is 75.6 Å². The molecule has 1 aromatic carbocycles. The molecule has 23 heavy (non-hydrogen) atoms. The van der Waals surface area contributed by atoms with Crippen molar-refractivity contribution >= 4 is 17.6 Å². The van der Waals surface area contributed by atoms with Gasteiger partial charge in [0.15, 0.2) is 0 Å². The molecule has 1 aliphatic rings. The average Bonchev–Trinajstić information content (AvgIpc) is 2.55. The summed E-state index contributed by atoms with van der Waals surface area (Å²) >= 11 is 0. The van der Waals surface area contributed by atoms with Crippen LogP contribution in [-0.4, -0.2) is 30.2 Å². The molecular formula is C18H25NO4. The summed E-state index contributed by atoms with van der Waals surface area (Å²) in [6, 6.07) is 7.08. The number of methoxy groups -OCH3 is 1. The number of carbonyl (C=O) groups excluding carboxylic acids is 1. The van der Waals surface area contributed by atoms with Crippen molar-refractivity contribution in [1.82, 2.24) is 0 Å². The van der Waals surface area contributed by atoms with Crippen LogP contribution in [0.2, 0.25) is 0 Å². The molecule has 0 radical (unpaired) electrons. The van der Waals surface area contributed by atoms with E-state index in [1.807, 2.05) is 0 Å². The van der Waals surface area contributed by atoms with Crippen molar-refractivity contribution in [3.63, 3.8) is 0 Å². The van der Waals surface area contributed by atoms with Crippen LogP contribution < -0.4 is 5.32 Å². The van der Waals surface area contributed by atoms with E-state index in [1.165, 1.54) is 0 Å². The largest absolute Gasteiger partial charge is 0.481 e. The Bertz CT molecular complexity index is 574. The zero-order valence-corrected chi connectivity index (χ0v) is 14.0. The Morgan fingerprint density at radius 1 is 1.22 bits per heavy atom. The zero-order chi connectivity index (χ0) is 17.0. The number of rotatable bonds is 5. The minimum atomic E-state index is -0.989. The van der Waals surface area contributed by atoms with Gasteiger partial charge in [-0.05, 0) is 57.2 Å². The van der Waals surface area contributed by atoms with Crippen molar-refractivity contribution in [2.45, 2.75) is 51.0 Å². The van der Waals surface area contributed by atoms with E-state index in [0.29, 0.717) is 11.3 Å². The second-order valence-electron chi connectivity index (χ2n) is 6.71. The molecule has 0 heterocycles. The first kappa shape index (κ1) is 17.5. The summed E-state index contributed by atoms with van der Waals surface area (Å²) in [7, 11) is 1.71. The molecule has 1 aliphatic carbocycles. The van der Waals surface area contributed by atoms with Gasteiger partial charge in [0.2, 0.25) is 5.91 Å². The van der Waals surface area contributed by atoms with Crippen LogP contribution in [0.15, 0.2) is 24.3 Å². The summed E-state index contributed by atoms with van der Waals surface area (Å²) in [5.41, 5.74) is 0.332. The number of nitrogens with one attached hydrogen (secondary N) is 1. The van der Waals surface area contributed by atoms with Crippen molar-refractivity contribution in [2.75, 3.05) is 12.4 Å². The van der Waals surface area contributed by atoms with Crippen LogP contribution in [0, 0.1) is 5.92 Å². The minimum Gasteiger partial charge on any atom is -0.481 e. The summed E-state index contributed by atoms with van der Waals surface area (Å²) in [6.45, 7) is 3.31. The molecule has 0 aromatic heterocycles. The van der Waals surface area contributed by atoms with E-state index in [9.17, 15) is 14.7 Å². The first-order valence-corrected chi connectivity index (χ1v) is 8.02. The average molecular weight is 319 g/mol. The Balaban J connectivity index is 2.03. The van der Waals surface area contributed by atoms with E-state index in [2.05, 4.69) is 5.32 Å². The lowest BCUT2D eigenvalue weighted by Crippen LogP contribution is -2.30. The highest BCUT2D eigenvalue weighted by Crippen LogP contribution is 2.29. The van der Waals surface area contributed by atoms with Crippen molar-refractivity contribution in [2.24, 2.45) is 5.92 Å². The van der Waals surface area contributed by atoms with E-state index >= 15 is 0 Å². The molecule has 5 heteroatoms. The van der Waals surface area contributed by atoms with Gasteiger partial charge in [0.1, 0.15) is 0 Å². The molecule has 0 bridgehead atoms. The third-order valence-electron chi connectivity index (χ3n) is 4.76. The SMILES string of the molecule is COC1CCC(C(=O)Nc2cccc(C(C)(C)C(=O)O)c2)CC1. The van der Waals surface area contributed by atoms with Gasteiger partial charge in [-0.3, -0.25) is 9.59 Å². The minimum absolute atomic E-state index is 0.00228. The highest BCUT2D eigenvalue weighted by atomic mass is 16.5. The van der Waals surface area contributed by atoms with Crippen LogP contribution in [0.25, 0.3) is 0 Å². The third kappa shape index (κ3) is 4.10. The highest BCUT2D eigenvalue weighted by Gasteiger charge is 2.30. The number of benzene rings is 1. The lowest BCUT2D eigenvalue weighted by Gasteiger charge is -2.27. The van der Waals surface area contributed by atoms with Crippen LogP contribution in [0.4, 0.5) is 5.69 Å². The van der Waals surface area contributed by atoms with E-state index in [1.54, 1.807) is 45.2 Å². The van der Waals surface area contributed by atoms with Crippen molar-refractivity contribution in [3.05, 3.63) is 29.8 Å². The summed E-state index contributed by atoms with van der Waals surface area (Å²) in [4.78, 5) is 23.8. The number of carboxylic acids is 1. The molecule has 0 spiro atoms. The number of anilines is 1. The maximum atomic E-state index is 12.4. The maximum absolute atomic E-state index is 12.4. The summed E-state index contributed by atoms with van der Waals surface area (Å²) < 4.78 is 5.33. The van der Waals surface area contributed by atoms with Gasteiger partial charge in [-0.15, -0.1) is 0 Å². The molecule has 2 N–H and O–H groups in total. The molecule has 0 saturated heterocycles. The van der Waals surface area contributed by atoms with Gasteiger partial charge in [0.25, 0.3) is 0 Å². The van der Waals surface area contributed by atoms with Crippen LogP contribution in [0.5, 0.6) is 0 Å². The predicted octanol–water partition coefficient (Wildman–Crippen LogP) is 3.19. The second kappa shape index (κ2) is 7.13. The van der Waals surface area contributed by atoms with Crippen molar-refractivity contribution in [3.8, 4) is 0 Å². The third-order valence-corrected chi connectivity index (χ3v) is 4.76. The quantitative estimate of drug-likeness (QED) is 0.874. The number of amides is 1. The van der Waals surface area contributed by atoms with Gasteiger partial charge in [0, 0.05) is 18.7 Å². The zero-order valence-electron chi connectivity index (χ0n) is 14.0. The lowest BCUT2D eigenvalue weighted by molar-refractivity contribution is -0.142. The molecular weight excluding hydrogens is 294 g/mol. The maximum Gasteiger partial charge on any atom is 0.313 e. The predicted molar refractivity (Wildman–Crippen MR) is 88.5 cm³/mol. The van der Waals surface area contributed by atoms with Crippen LogP contribution in [-0.2, 0) is 19.7 Å². The fourth-order valence-corrected chi connectivity index (χ4v) is 2.91. The summed E-state index contributed by atoms with van der Waals surface area (Å²) in [5, 5.41) is 12.2. The molecule has 1 fully saturated rings. The summed E-state index contributed by atoms with van der Waals surface area (Å²) in [6.07, 6.45) is 3.72. The number of ether oxygens (including phenoxy) is 1. The van der Waals surface area contributed by atoms with E-state index in [4.69, 9.17) is 4.74 Å². The fourth-order valence-electron chi connectivity index (χ4n) is 2.91. The Kier molecular flexibility index (Phi) is 5.42. The Morgan fingerprint density at radius 3 is 2.43 bits per heavy atom. The molecule has 0 aliphatic heterocycles. The number of carboxylic acid groups (broad SMARTS) is 1. The van der Waals surface area contributed by atoms with Gasteiger partial charge in [-0.1, -0.05) is 12.1 Å². The molecule has 2 rings (SSSR count). The normalized spacial score (nSPS) is 21.7. The number of hydrogen-bond donors (Lipinski definition) is 2.